The highest BCUT2D eigenvalue weighted by atomic mass is 35.5. The summed E-state index contributed by atoms with van der Waals surface area (Å²) in [6.07, 6.45) is 1.82. The highest BCUT2D eigenvalue weighted by molar-refractivity contribution is 7.92. The van der Waals surface area contributed by atoms with Gasteiger partial charge in [0, 0.05) is 63.2 Å². The van der Waals surface area contributed by atoms with Crippen LogP contribution in [-0.4, -0.2) is 70.2 Å². The first kappa shape index (κ1) is 32.8. The maximum absolute atomic E-state index is 14.0. The molecule has 2 aliphatic rings. The summed E-state index contributed by atoms with van der Waals surface area (Å²) in [6.45, 7) is 7.04. The van der Waals surface area contributed by atoms with E-state index in [1.807, 2.05) is 68.4 Å². The summed E-state index contributed by atoms with van der Waals surface area (Å²) in [5, 5.41) is 7.06. The molecule has 2 aliphatic heterocycles. The van der Waals surface area contributed by atoms with E-state index in [1.54, 1.807) is 17.0 Å². The summed E-state index contributed by atoms with van der Waals surface area (Å²) < 4.78 is 27.0. The zero-order valence-electron chi connectivity index (χ0n) is 26.1. The lowest BCUT2D eigenvalue weighted by Gasteiger charge is -2.39. The molecule has 0 bridgehead atoms. The van der Waals surface area contributed by atoms with E-state index in [0.29, 0.717) is 56.4 Å². The molecule has 45 heavy (non-hydrogen) atoms. The third-order valence-corrected chi connectivity index (χ3v) is 9.76. The van der Waals surface area contributed by atoms with Crippen LogP contribution in [0.15, 0.2) is 72.8 Å². The van der Waals surface area contributed by atoms with Crippen LogP contribution in [0, 0.1) is 5.92 Å². The average molecular weight is 652 g/mol. The van der Waals surface area contributed by atoms with Crippen LogP contribution in [0.25, 0.3) is 0 Å². The van der Waals surface area contributed by atoms with Crippen molar-refractivity contribution in [1.82, 2.24) is 15.5 Å². The number of benzene rings is 3. The number of anilines is 2. The number of hydrogen-bond donors (Lipinski definition) is 2. The Hall–Kier alpha value is -3.60. The lowest BCUT2D eigenvalue weighted by molar-refractivity contribution is -0.136. The van der Waals surface area contributed by atoms with Crippen LogP contribution >= 0.6 is 11.6 Å². The number of halogens is 1. The first-order valence-electron chi connectivity index (χ1n) is 15.4. The van der Waals surface area contributed by atoms with Gasteiger partial charge in [0.2, 0.25) is 21.8 Å². The van der Waals surface area contributed by atoms with E-state index in [1.165, 1.54) is 16.1 Å². The molecule has 9 nitrogen and oxygen atoms in total. The standard InChI is InChI=1S/C34H42ClN5O4S/c1-24(2)23-40(45(3,43)44)32-11-7-6-10-31(32)38-16-18-39(19-17-38)34(42)30(20-25-12-14-27(35)15-13-25)37-33(41)21-29-28-9-5-4-8-26(28)22-36-29/h4-15,24,29-30,36H,16-23H2,1-3H3,(H,37,41)/t29?,30-/m1/s1. The Balaban J connectivity index is 1.29. The molecular weight excluding hydrogens is 610 g/mol. The van der Waals surface area contributed by atoms with Crippen LogP contribution in [-0.2, 0) is 32.6 Å². The highest BCUT2D eigenvalue weighted by Crippen LogP contribution is 2.32. The van der Waals surface area contributed by atoms with Crippen LogP contribution in [0.4, 0.5) is 11.4 Å². The Bertz CT molecular complexity index is 1610. The second-order valence-corrected chi connectivity index (χ2v) is 14.6. The molecule has 0 saturated carbocycles. The fraction of sp³-hybridized carbons (Fsp3) is 0.412. The van der Waals surface area contributed by atoms with E-state index in [9.17, 15) is 18.0 Å². The number of sulfonamides is 1. The van der Waals surface area contributed by atoms with Crippen molar-refractivity contribution >= 4 is 44.8 Å². The minimum Gasteiger partial charge on any atom is -0.366 e. The molecule has 2 amide bonds. The van der Waals surface area contributed by atoms with Gasteiger partial charge in [-0.2, -0.15) is 0 Å². The Morgan fingerprint density at radius 1 is 0.978 bits per heavy atom. The van der Waals surface area contributed by atoms with Crippen molar-refractivity contribution < 1.29 is 18.0 Å². The number of amides is 2. The summed E-state index contributed by atoms with van der Waals surface area (Å²) in [4.78, 5) is 31.2. The molecule has 0 aliphatic carbocycles. The van der Waals surface area contributed by atoms with Gasteiger partial charge in [-0.3, -0.25) is 13.9 Å². The average Bonchev–Trinajstić information content (AvgIpc) is 3.42. The van der Waals surface area contributed by atoms with Crippen molar-refractivity contribution in [2.75, 3.05) is 48.2 Å². The molecule has 3 aromatic carbocycles. The Labute approximate surface area is 271 Å². The van der Waals surface area contributed by atoms with Crippen LogP contribution in [0.5, 0.6) is 0 Å². The molecule has 0 spiro atoms. The molecule has 1 saturated heterocycles. The van der Waals surface area contributed by atoms with Gasteiger partial charge in [-0.1, -0.05) is 74.0 Å². The molecule has 0 aromatic heterocycles. The van der Waals surface area contributed by atoms with Gasteiger partial charge in [0.05, 0.1) is 17.6 Å². The normalized spacial score (nSPS) is 17.2. The molecule has 1 unspecified atom stereocenters. The van der Waals surface area contributed by atoms with E-state index in [2.05, 4.69) is 21.6 Å². The fourth-order valence-electron chi connectivity index (χ4n) is 6.13. The quantitative estimate of drug-likeness (QED) is 0.319. The molecule has 11 heteroatoms. The lowest BCUT2D eigenvalue weighted by Crippen LogP contribution is -2.56. The maximum Gasteiger partial charge on any atom is 0.245 e. The van der Waals surface area contributed by atoms with E-state index < -0.39 is 16.1 Å². The van der Waals surface area contributed by atoms with Crippen molar-refractivity contribution in [2.24, 2.45) is 5.92 Å². The van der Waals surface area contributed by atoms with Crippen LogP contribution in [0.1, 0.15) is 43.0 Å². The van der Waals surface area contributed by atoms with Crippen LogP contribution in [0.3, 0.4) is 0 Å². The van der Waals surface area contributed by atoms with Gasteiger partial charge in [0.15, 0.2) is 0 Å². The monoisotopic (exact) mass is 651 g/mol. The first-order chi connectivity index (χ1) is 21.5. The van der Waals surface area contributed by atoms with Crippen molar-refractivity contribution in [3.05, 3.63) is 94.5 Å². The topological polar surface area (TPSA) is 102 Å². The predicted molar refractivity (Wildman–Crippen MR) is 180 cm³/mol. The Kier molecular flexibility index (Phi) is 10.4. The fourth-order valence-corrected chi connectivity index (χ4v) is 7.34. The van der Waals surface area contributed by atoms with Crippen LogP contribution in [0.2, 0.25) is 5.02 Å². The van der Waals surface area contributed by atoms with E-state index >= 15 is 0 Å². The SMILES string of the molecule is CC(C)CN(c1ccccc1N1CCN(C(=O)[C@@H](Cc2ccc(Cl)cc2)NC(=O)CC2NCc3ccccc32)CC1)S(C)(=O)=O. The van der Waals surface area contributed by atoms with Gasteiger partial charge in [0.1, 0.15) is 6.04 Å². The van der Waals surface area contributed by atoms with E-state index in [-0.39, 0.29) is 30.2 Å². The predicted octanol–water partition coefficient (Wildman–Crippen LogP) is 4.37. The van der Waals surface area contributed by atoms with Gasteiger partial charge in [-0.05, 0) is 46.9 Å². The second kappa shape index (κ2) is 14.2. The molecular formula is C34H42ClN5O4S. The number of hydrogen-bond acceptors (Lipinski definition) is 6. The third kappa shape index (κ3) is 8.17. The molecule has 3 aromatic rings. The van der Waals surface area contributed by atoms with Gasteiger partial charge < -0.3 is 20.4 Å². The number of piperazine rings is 1. The molecule has 1 fully saturated rings. The summed E-state index contributed by atoms with van der Waals surface area (Å²) in [7, 11) is -3.49. The summed E-state index contributed by atoms with van der Waals surface area (Å²) in [5.41, 5.74) is 4.68. The third-order valence-electron chi connectivity index (χ3n) is 8.36. The van der Waals surface area contributed by atoms with Crippen molar-refractivity contribution in [3.63, 3.8) is 0 Å². The number of rotatable bonds is 11. The number of carbonyl (C=O) groups is 2. The van der Waals surface area contributed by atoms with Gasteiger partial charge in [-0.15, -0.1) is 0 Å². The van der Waals surface area contributed by atoms with Crippen molar-refractivity contribution in [2.45, 2.75) is 45.3 Å². The number of para-hydroxylation sites is 2. The summed E-state index contributed by atoms with van der Waals surface area (Å²) >= 11 is 6.10. The van der Waals surface area contributed by atoms with Gasteiger partial charge in [-0.25, -0.2) is 8.42 Å². The number of nitrogens with zero attached hydrogens (tertiary/aromatic N) is 3. The number of carbonyl (C=O) groups excluding carboxylic acids is 2. The van der Waals surface area contributed by atoms with Crippen molar-refractivity contribution in [1.29, 1.82) is 0 Å². The minimum absolute atomic E-state index is 0.0988. The van der Waals surface area contributed by atoms with Gasteiger partial charge in [0.25, 0.3) is 0 Å². The smallest absolute Gasteiger partial charge is 0.245 e. The zero-order valence-corrected chi connectivity index (χ0v) is 27.7. The zero-order chi connectivity index (χ0) is 32.1. The van der Waals surface area contributed by atoms with E-state index in [0.717, 1.165) is 16.8 Å². The first-order valence-corrected chi connectivity index (χ1v) is 17.7. The number of nitrogens with one attached hydrogen (secondary N) is 2. The second-order valence-electron chi connectivity index (χ2n) is 12.3. The summed E-state index contributed by atoms with van der Waals surface area (Å²) in [6, 6.07) is 22.1. The molecule has 5 rings (SSSR count). The van der Waals surface area contributed by atoms with Crippen molar-refractivity contribution in [3.8, 4) is 0 Å². The molecule has 0 radical (unpaired) electrons. The molecule has 2 N–H and O–H groups in total. The maximum atomic E-state index is 14.0. The largest absolute Gasteiger partial charge is 0.366 e. The Morgan fingerprint density at radius 3 is 2.33 bits per heavy atom. The summed E-state index contributed by atoms with van der Waals surface area (Å²) in [5.74, 6) is -0.173. The Morgan fingerprint density at radius 2 is 1.64 bits per heavy atom. The number of fused-ring (bicyclic) bond motifs is 1. The molecule has 2 heterocycles. The lowest BCUT2D eigenvalue weighted by atomic mass is 10.0. The van der Waals surface area contributed by atoms with Crippen LogP contribution < -0.4 is 19.8 Å². The highest BCUT2D eigenvalue weighted by Gasteiger charge is 2.32. The molecule has 240 valence electrons. The van der Waals surface area contributed by atoms with Gasteiger partial charge >= 0.3 is 0 Å². The van der Waals surface area contributed by atoms with E-state index in [4.69, 9.17) is 11.6 Å². The minimum atomic E-state index is -3.49. The molecule has 2 atom stereocenters.